The van der Waals surface area contributed by atoms with E-state index in [4.69, 9.17) is 23.1 Å². The van der Waals surface area contributed by atoms with Gasteiger partial charge in [-0.3, -0.25) is 0 Å². The number of thiocarbonyl (C=S) groups is 1. The molecule has 2 aliphatic carbocycles. The van der Waals surface area contributed by atoms with E-state index in [1.54, 1.807) is 6.07 Å². The van der Waals surface area contributed by atoms with Gasteiger partial charge in [0.1, 0.15) is 10.6 Å². The molecule has 2 aromatic rings. The van der Waals surface area contributed by atoms with Crippen molar-refractivity contribution in [2.75, 3.05) is 23.4 Å². The third-order valence-electron chi connectivity index (χ3n) is 5.92. The number of nitrogen functional groups attached to an aromatic ring is 1. The first-order valence-electron chi connectivity index (χ1n) is 10.5. The van der Waals surface area contributed by atoms with Crippen LogP contribution in [0.25, 0.3) is 11.4 Å². The van der Waals surface area contributed by atoms with Gasteiger partial charge in [-0.2, -0.15) is 0 Å². The maximum Gasteiger partial charge on any atom is 0.170 e. The van der Waals surface area contributed by atoms with Crippen molar-refractivity contribution in [2.24, 2.45) is 0 Å². The lowest BCUT2D eigenvalue weighted by Gasteiger charge is -2.27. The van der Waals surface area contributed by atoms with Gasteiger partial charge in [0, 0.05) is 30.0 Å². The van der Waals surface area contributed by atoms with Crippen molar-refractivity contribution in [3.05, 3.63) is 36.0 Å². The van der Waals surface area contributed by atoms with E-state index in [1.165, 1.54) is 6.42 Å². The molecule has 0 radical (unpaired) electrons. The molecule has 2 aliphatic rings. The van der Waals surface area contributed by atoms with E-state index in [-0.39, 0.29) is 24.6 Å². The summed E-state index contributed by atoms with van der Waals surface area (Å²) < 4.78 is 24.7. The maximum absolute atomic E-state index is 12.8. The maximum atomic E-state index is 12.8. The molecule has 5 N–H and O–H groups in total. The lowest BCUT2D eigenvalue weighted by atomic mass is 9.93. The number of rotatable bonds is 8. The van der Waals surface area contributed by atoms with Crippen LogP contribution in [0.3, 0.4) is 0 Å². The predicted octanol–water partition coefficient (Wildman–Crippen LogP) is 2.35. The van der Waals surface area contributed by atoms with Gasteiger partial charge in [-0.05, 0) is 75.0 Å². The van der Waals surface area contributed by atoms with Crippen LogP contribution in [0.15, 0.2) is 30.3 Å². The van der Waals surface area contributed by atoms with Gasteiger partial charge >= 0.3 is 0 Å². The van der Waals surface area contributed by atoms with Gasteiger partial charge in [0.05, 0.1) is 11.4 Å². The summed E-state index contributed by atoms with van der Waals surface area (Å²) in [6, 6.07) is 9.47. The molecule has 2 fully saturated rings. The van der Waals surface area contributed by atoms with Crippen molar-refractivity contribution in [1.82, 2.24) is 15.3 Å². The molecule has 10 heteroatoms. The molecule has 4 rings (SSSR count). The summed E-state index contributed by atoms with van der Waals surface area (Å²) in [5, 5.41) is 16.1. The number of nitrogens with one attached hydrogen (secondary N) is 2. The molecule has 166 valence electrons. The van der Waals surface area contributed by atoms with Gasteiger partial charge in [0.25, 0.3) is 0 Å². The zero-order chi connectivity index (χ0) is 22.1. The van der Waals surface area contributed by atoms with Crippen LogP contribution in [0.2, 0.25) is 0 Å². The summed E-state index contributed by atoms with van der Waals surface area (Å²) >= 11 is 5.35. The highest BCUT2D eigenvalue weighted by Crippen LogP contribution is 2.53. The van der Waals surface area contributed by atoms with Gasteiger partial charge in [0.15, 0.2) is 20.8 Å². The van der Waals surface area contributed by atoms with Crippen LogP contribution in [-0.4, -0.2) is 47.0 Å². The van der Waals surface area contributed by atoms with Crippen LogP contribution in [-0.2, 0) is 14.6 Å². The van der Waals surface area contributed by atoms with Gasteiger partial charge in [-0.25, -0.2) is 18.4 Å². The summed E-state index contributed by atoms with van der Waals surface area (Å²) in [5.41, 5.74) is 8.01. The van der Waals surface area contributed by atoms with E-state index in [2.05, 4.69) is 20.6 Å². The highest BCUT2D eigenvalue weighted by Gasteiger charge is 2.56. The normalized spacial score (nSPS) is 17.6. The zero-order valence-electron chi connectivity index (χ0n) is 17.2. The summed E-state index contributed by atoms with van der Waals surface area (Å²) in [6.45, 7) is -0.160. The quantitative estimate of drug-likeness (QED) is 0.438. The van der Waals surface area contributed by atoms with E-state index in [0.29, 0.717) is 35.5 Å². The molecule has 0 atom stereocenters. The molecule has 0 bridgehead atoms. The Morgan fingerprint density at radius 3 is 2.52 bits per heavy atom. The minimum atomic E-state index is -3.44. The number of hydrogen-bond donors (Lipinski definition) is 4. The predicted molar refractivity (Wildman–Crippen MR) is 125 cm³/mol. The van der Waals surface area contributed by atoms with Gasteiger partial charge in [0.2, 0.25) is 0 Å². The molecule has 2 saturated carbocycles. The monoisotopic (exact) mass is 461 g/mol. The molecule has 0 spiro atoms. The number of benzene rings is 1. The Bertz CT molecular complexity index is 1060. The van der Waals surface area contributed by atoms with Crippen LogP contribution in [0.1, 0.15) is 44.2 Å². The first-order valence-corrected chi connectivity index (χ1v) is 12.6. The Kier molecular flexibility index (Phi) is 6.14. The molecular formula is C21H27N5O3S2. The molecule has 0 saturated heterocycles. The smallest absolute Gasteiger partial charge is 0.170 e. The number of sulfone groups is 1. The molecular weight excluding hydrogens is 434 g/mol. The Morgan fingerprint density at radius 2 is 1.94 bits per heavy atom. The SMILES string of the molecule is Nc1cc(C2(S(=O)(=O)CCCO)CC2)nc(-c2ccc(NC(=S)NC3CCC3)cc2)n1. The highest BCUT2D eigenvalue weighted by molar-refractivity contribution is 7.92. The third kappa shape index (κ3) is 4.65. The molecule has 0 aliphatic heterocycles. The fraction of sp³-hybridized carbons (Fsp3) is 0.476. The average Bonchev–Trinajstić information content (AvgIpc) is 3.52. The Balaban J connectivity index is 1.52. The molecule has 8 nitrogen and oxygen atoms in total. The second-order valence-electron chi connectivity index (χ2n) is 8.20. The second kappa shape index (κ2) is 8.68. The molecule has 0 amide bonds. The molecule has 1 aromatic heterocycles. The van der Waals surface area contributed by atoms with Crippen molar-refractivity contribution >= 4 is 38.7 Å². The van der Waals surface area contributed by atoms with E-state index in [9.17, 15) is 8.42 Å². The van der Waals surface area contributed by atoms with Crippen molar-refractivity contribution in [2.45, 2.75) is 49.3 Å². The Labute approximate surface area is 187 Å². The summed E-state index contributed by atoms with van der Waals surface area (Å²) in [4.78, 5) is 8.88. The van der Waals surface area contributed by atoms with Crippen LogP contribution in [0.4, 0.5) is 11.5 Å². The largest absolute Gasteiger partial charge is 0.396 e. The Hall–Kier alpha value is -2.30. The van der Waals surface area contributed by atoms with Crippen LogP contribution in [0, 0.1) is 0 Å². The number of aromatic nitrogens is 2. The van der Waals surface area contributed by atoms with Crippen molar-refractivity contribution in [3.8, 4) is 11.4 Å². The van der Waals surface area contributed by atoms with Gasteiger partial charge in [-0.1, -0.05) is 0 Å². The summed E-state index contributed by atoms with van der Waals surface area (Å²) in [7, 11) is -3.44. The fourth-order valence-corrected chi connectivity index (χ4v) is 6.06. The zero-order valence-corrected chi connectivity index (χ0v) is 18.8. The molecule has 1 aromatic carbocycles. The first-order chi connectivity index (χ1) is 14.8. The number of hydrogen-bond acceptors (Lipinski definition) is 7. The summed E-state index contributed by atoms with van der Waals surface area (Å²) in [5.74, 6) is 0.551. The lowest BCUT2D eigenvalue weighted by molar-refractivity contribution is 0.295. The van der Waals surface area contributed by atoms with Gasteiger partial charge < -0.3 is 21.5 Å². The molecule has 1 heterocycles. The summed E-state index contributed by atoms with van der Waals surface area (Å²) in [6.07, 6.45) is 4.75. The van der Waals surface area contributed by atoms with Crippen LogP contribution >= 0.6 is 12.2 Å². The van der Waals surface area contributed by atoms with Crippen molar-refractivity contribution < 1.29 is 13.5 Å². The van der Waals surface area contributed by atoms with Crippen molar-refractivity contribution in [3.63, 3.8) is 0 Å². The molecule has 31 heavy (non-hydrogen) atoms. The fourth-order valence-electron chi connectivity index (χ4n) is 3.73. The first kappa shape index (κ1) is 21.9. The van der Waals surface area contributed by atoms with E-state index >= 15 is 0 Å². The van der Waals surface area contributed by atoms with Gasteiger partial charge in [-0.15, -0.1) is 0 Å². The van der Waals surface area contributed by atoms with Crippen molar-refractivity contribution in [1.29, 1.82) is 0 Å². The average molecular weight is 462 g/mol. The highest BCUT2D eigenvalue weighted by atomic mass is 32.2. The standard InChI is InChI=1S/C21H27N5O3S2/c22-18-13-17(21(9-10-21)31(28,29)12-2-11-27)25-19(26-18)14-5-7-16(8-6-14)24-20(30)23-15-3-1-4-15/h5-8,13,15,27H,1-4,9-12H2,(H2,22,25,26)(H2,23,24,30). The topological polar surface area (TPSA) is 130 Å². The number of nitrogens with two attached hydrogens (primary N) is 1. The third-order valence-corrected chi connectivity index (χ3v) is 8.78. The lowest BCUT2D eigenvalue weighted by Crippen LogP contribution is -2.41. The minimum absolute atomic E-state index is 0.0715. The van der Waals surface area contributed by atoms with E-state index < -0.39 is 14.6 Å². The number of nitrogens with zero attached hydrogens (tertiary/aromatic N) is 2. The van der Waals surface area contributed by atoms with E-state index in [0.717, 1.165) is 24.1 Å². The second-order valence-corrected chi connectivity index (χ2v) is 11.0. The van der Waals surface area contributed by atoms with Crippen LogP contribution < -0.4 is 16.4 Å². The number of anilines is 2. The molecule has 0 unspecified atom stereocenters. The van der Waals surface area contributed by atoms with Crippen LogP contribution in [0.5, 0.6) is 0 Å². The number of aliphatic hydroxyl groups is 1. The van der Waals surface area contributed by atoms with E-state index in [1.807, 2.05) is 24.3 Å². The number of aliphatic hydroxyl groups excluding tert-OH is 1. The minimum Gasteiger partial charge on any atom is -0.396 e. The Morgan fingerprint density at radius 1 is 1.23 bits per heavy atom.